The number of hydrogen-bond acceptors (Lipinski definition) is 0. The molecule has 148 valence electrons. The maximum atomic E-state index is 2.45. The fraction of sp³-hybridized carbons (Fsp3) is 0.538. The second-order valence-electron chi connectivity index (χ2n) is 10.7. The van der Waals surface area contributed by atoms with Gasteiger partial charge in [0.2, 0.25) is 0 Å². The Kier molecular flexibility index (Phi) is 4.87. The molecule has 2 aromatic carbocycles. The van der Waals surface area contributed by atoms with Gasteiger partial charge < -0.3 is 0 Å². The van der Waals surface area contributed by atoms with E-state index in [1.807, 2.05) is 0 Å². The van der Waals surface area contributed by atoms with Gasteiger partial charge in [0.1, 0.15) is 0 Å². The molecule has 0 unspecified atom stereocenters. The van der Waals surface area contributed by atoms with Crippen LogP contribution in [0, 0.1) is 0 Å². The van der Waals surface area contributed by atoms with Crippen LogP contribution < -0.4 is 0 Å². The van der Waals surface area contributed by atoms with Crippen LogP contribution >= 0.6 is 10.0 Å². The van der Waals surface area contributed by atoms with Crippen LogP contribution in [0.15, 0.2) is 46.2 Å². The lowest BCUT2D eigenvalue weighted by Gasteiger charge is -2.46. The van der Waals surface area contributed by atoms with Crippen LogP contribution in [0.3, 0.4) is 0 Å². The van der Waals surface area contributed by atoms with Crippen LogP contribution in [0.25, 0.3) is 11.1 Å². The van der Waals surface area contributed by atoms with E-state index in [0.717, 1.165) is 0 Å². The summed E-state index contributed by atoms with van der Waals surface area (Å²) >= 11 is 0. The second kappa shape index (κ2) is 6.41. The Morgan fingerprint density at radius 3 is 1.19 bits per heavy atom. The molecular formula is C26H38S. The van der Waals surface area contributed by atoms with E-state index in [9.17, 15) is 0 Å². The molecule has 3 rings (SSSR count). The topological polar surface area (TPSA) is 0 Å². The fourth-order valence-corrected chi connectivity index (χ4v) is 10.1. The molecule has 0 radical (unpaired) electrons. The zero-order valence-corrected chi connectivity index (χ0v) is 19.8. The Morgan fingerprint density at radius 2 is 0.926 bits per heavy atom. The molecule has 0 amide bonds. The molecule has 1 heteroatoms. The van der Waals surface area contributed by atoms with Crippen molar-refractivity contribution in [2.45, 2.75) is 100 Å². The first kappa shape index (κ1) is 20.5. The SMILES string of the molecule is CC(C)S1(C(C)C)c2cccc(C(C)(C)C)c2-c2c(C(C)(C)C)cccc21. The predicted octanol–water partition coefficient (Wildman–Crippen LogP) is 8.30. The monoisotopic (exact) mass is 382 g/mol. The summed E-state index contributed by atoms with van der Waals surface area (Å²) in [5.41, 5.74) is 6.40. The maximum absolute atomic E-state index is 2.45. The zero-order valence-electron chi connectivity index (χ0n) is 19.0. The van der Waals surface area contributed by atoms with Crippen molar-refractivity contribution in [3.8, 4) is 11.1 Å². The van der Waals surface area contributed by atoms with Gasteiger partial charge in [-0.3, -0.25) is 0 Å². The van der Waals surface area contributed by atoms with E-state index in [0.29, 0.717) is 10.5 Å². The molecule has 0 bridgehead atoms. The van der Waals surface area contributed by atoms with Crippen molar-refractivity contribution in [1.82, 2.24) is 0 Å². The van der Waals surface area contributed by atoms with Crippen LogP contribution in [0.1, 0.15) is 80.4 Å². The van der Waals surface area contributed by atoms with Gasteiger partial charge in [-0.1, -0.05) is 93.5 Å². The Labute approximate surface area is 169 Å². The minimum atomic E-state index is -1.08. The van der Waals surface area contributed by atoms with Crippen molar-refractivity contribution < 1.29 is 0 Å². The highest BCUT2D eigenvalue weighted by molar-refractivity contribution is 8.35. The molecule has 0 nitrogen and oxygen atoms in total. The fourth-order valence-electron chi connectivity index (χ4n) is 5.07. The molecule has 0 atom stereocenters. The Balaban J connectivity index is 2.58. The normalized spacial score (nSPS) is 17.2. The zero-order chi connectivity index (χ0) is 20.4. The minimum absolute atomic E-state index is 0.136. The Morgan fingerprint density at radius 1 is 0.593 bits per heavy atom. The Bertz CT molecular complexity index is 783. The lowest BCUT2D eigenvalue weighted by Crippen LogP contribution is -2.21. The van der Waals surface area contributed by atoms with E-state index in [2.05, 4.69) is 106 Å². The van der Waals surface area contributed by atoms with Crippen LogP contribution in [-0.2, 0) is 10.8 Å². The third-order valence-corrected chi connectivity index (χ3v) is 11.2. The highest BCUT2D eigenvalue weighted by atomic mass is 32.3. The summed E-state index contributed by atoms with van der Waals surface area (Å²) in [6, 6.07) is 14.3. The van der Waals surface area contributed by atoms with Gasteiger partial charge in [-0.05, 0) is 55.7 Å². The highest BCUT2D eigenvalue weighted by Gasteiger charge is 2.46. The average Bonchev–Trinajstić information content (AvgIpc) is 2.84. The summed E-state index contributed by atoms with van der Waals surface area (Å²) in [6.45, 7) is 24.0. The largest absolute Gasteiger partial charge is 0.182 e. The van der Waals surface area contributed by atoms with Gasteiger partial charge in [0.15, 0.2) is 0 Å². The van der Waals surface area contributed by atoms with E-state index in [4.69, 9.17) is 0 Å². The molecule has 0 saturated heterocycles. The van der Waals surface area contributed by atoms with Crippen molar-refractivity contribution in [2.24, 2.45) is 0 Å². The molecule has 0 fully saturated rings. The van der Waals surface area contributed by atoms with Crippen molar-refractivity contribution in [3.63, 3.8) is 0 Å². The summed E-state index contributed by atoms with van der Waals surface area (Å²) in [5.74, 6) is 0. The molecule has 0 N–H and O–H groups in total. The van der Waals surface area contributed by atoms with Crippen molar-refractivity contribution in [2.75, 3.05) is 0 Å². The van der Waals surface area contributed by atoms with Gasteiger partial charge in [-0.2, -0.15) is 10.0 Å². The lowest BCUT2D eigenvalue weighted by molar-refractivity contribution is 0.583. The summed E-state index contributed by atoms with van der Waals surface area (Å²) < 4.78 is 0. The summed E-state index contributed by atoms with van der Waals surface area (Å²) in [7, 11) is -1.08. The number of hydrogen-bond donors (Lipinski definition) is 0. The maximum Gasteiger partial charge on any atom is 0.00279 e. The van der Waals surface area contributed by atoms with Crippen LogP contribution in [-0.4, -0.2) is 10.5 Å². The first-order chi connectivity index (χ1) is 12.3. The van der Waals surface area contributed by atoms with Crippen LogP contribution in [0.4, 0.5) is 0 Å². The summed E-state index contributed by atoms with van der Waals surface area (Å²) in [5, 5.41) is 1.26. The van der Waals surface area contributed by atoms with Crippen LogP contribution in [0.5, 0.6) is 0 Å². The molecule has 0 spiro atoms. The molecule has 1 aliphatic rings. The van der Waals surface area contributed by atoms with Gasteiger partial charge in [-0.25, -0.2) is 0 Å². The standard InChI is InChI=1S/C26H38S/c1-17(2)27(18(3)4)21-15-11-13-19(25(5,6)7)23(21)24-20(26(8,9)10)14-12-16-22(24)27/h11-18H,1-10H3. The molecule has 1 aliphatic heterocycles. The summed E-state index contributed by atoms with van der Waals surface area (Å²) in [4.78, 5) is 3.26. The highest BCUT2D eigenvalue weighted by Crippen LogP contribution is 2.77. The molecule has 0 aromatic heterocycles. The third-order valence-electron chi connectivity index (χ3n) is 6.13. The van der Waals surface area contributed by atoms with Gasteiger partial charge in [0.05, 0.1) is 0 Å². The number of benzene rings is 2. The van der Waals surface area contributed by atoms with E-state index < -0.39 is 10.0 Å². The number of rotatable bonds is 2. The molecule has 0 aliphatic carbocycles. The van der Waals surface area contributed by atoms with E-state index in [1.165, 1.54) is 11.1 Å². The van der Waals surface area contributed by atoms with Crippen molar-refractivity contribution >= 4 is 10.0 Å². The smallest absolute Gasteiger partial charge is 0.00279 e. The van der Waals surface area contributed by atoms with Gasteiger partial charge in [0.25, 0.3) is 0 Å². The first-order valence-corrected chi connectivity index (χ1v) is 12.2. The molecule has 1 heterocycles. The van der Waals surface area contributed by atoms with Crippen molar-refractivity contribution in [1.29, 1.82) is 0 Å². The lowest BCUT2D eigenvalue weighted by atomic mass is 9.77. The summed E-state index contributed by atoms with van der Waals surface area (Å²) in [6.07, 6.45) is 0. The van der Waals surface area contributed by atoms with Crippen molar-refractivity contribution in [3.05, 3.63) is 47.5 Å². The second-order valence-corrected chi connectivity index (χ2v) is 14.8. The molecule has 27 heavy (non-hydrogen) atoms. The van der Waals surface area contributed by atoms with E-state index in [1.54, 1.807) is 20.9 Å². The molecular weight excluding hydrogens is 344 g/mol. The Hall–Kier alpha value is -1.21. The van der Waals surface area contributed by atoms with E-state index in [-0.39, 0.29) is 10.8 Å². The third kappa shape index (κ3) is 2.89. The van der Waals surface area contributed by atoms with Gasteiger partial charge in [-0.15, -0.1) is 0 Å². The average molecular weight is 383 g/mol. The van der Waals surface area contributed by atoms with Gasteiger partial charge >= 0.3 is 0 Å². The minimum Gasteiger partial charge on any atom is -0.182 e. The van der Waals surface area contributed by atoms with Crippen LogP contribution in [0.2, 0.25) is 0 Å². The van der Waals surface area contributed by atoms with E-state index >= 15 is 0 Å². The first-order valence-electron chi connectivity index (χ1n) is 10.4. The predicted molar refractivity (Wildman–Crippen MR) is 124 cm³/mol. The molecule has 0 saturated carbocycles. The quantitative estimate of drug-likeness (QED) is 0.490. The molecule has 2 aromatic rings. The number of fused-ring (bicyclic) bond motifs is 3. The van der Waals surface area contributed by atoms with Gasteiger partial charge in [0, 0.05) is 9.79 Å².